The number of anilines is 1. The predicted octanol–water partition coefficient (Wildman–Crippen LogP) is 3.47. The lowest BCUT2D eigenvalue weighted by atomic mass is 10.1. The minimum Gasteiger partial charge on any atom is -0.308 e. The number of rotatable bonds is 6. The van der Waals surface area contributed by atoms with E-state index in [0.717, 1.165) is 10.2 Å². The molecular formula is C15H16BrN3O2. The number of hydrogen-bond donors (Lipinski definition) is 2. The van der Waals surface area contributed by atoms with E-state index in [1.807, 2.05) is 25.1 Å². The fourth-order valence-corrected chi connectivity index (χ4v) is 2.15. The van der Waals surface area contributed by atoms with Crippen molar-refractivity contribution < 1.29 is 9.59 Å². The highest BCUT2D eigenvalue weighted by Gasteiger charge is 2.11. The molecule has 0 aliphatic carbocycles. The van der Waals surface area contributed by atoms with Crippen molar-refractivity contribution in [2.45, 2.75) is 26.2 Å². The number of benzene rings is 1. The molecule has 1 aromatic heterocycles. The van der Waals surface area contributed by atoms with Crippen LogP contribution in [0, 0.1) is 6.92 Å². The number of Topliss-reactive ketones (excluding diaryl/α,β-unsaturated/α-hetero) is 1. The lowest BCUT2D eigenvalue weighted by Gasteiger charge is -2.03. The van der Waals surface area contributed by atoms with Gasteiger partial charge in [-0.05, 0) is 29.3 Å². The van der Waals surface area contributed by atoms with E-state index in [-0.39, 0.29) is 18.1 Å². The molecular weight excluding hydrogens is 334 g/mol. The smallest absolute Gasteiger partial charge is 0.225 e. The SMILES string of the molecule is Cc1[nH]nc(NC(=O)CCCC(=O)c2ccccc2)c1Br. The number of aryl methyl sites for hydroxylation is 1. The summed E-state index contributed by atoms with van der Waals surface area (Å²) in [6, 6.07) is 9.10. The van der Waals surface area contributed by atoms with Gasteiger partial charge in [-0.2, -0.15) is 5.10 Å². The third-order valence-electron chi connectivity index (χ3n) is 3.03. The zero-order chi connectivity index (χ0) is 15.2. The zero-order valence-corrected chi connectivity index (χ0v) is 13.2. The van der Waals surface area contributed by atoms with Gasteiger partial charge in [0.25, 0.3) is 0 Å². The van der Waals surface area contributed by atoms with Gasteiger partial charge in [-0.3, -0.25) is 14.7 Å². The fourth-order valence-electron chi connectivity index (χ4n) is 1.87. The summed E-state index contributed by atoms with van der Waals surface area (Å²) in [6.07, 6.45) is 1.16. The van der Waals surface area contributed by atoms with Gasteiger partial charge in [0, 0.05) is 24.1 Å². The molecule has 0 bridgehead atoms. The van der Waals surface area contributed by atoms with Crippen LogP contribution in [-0.4, -0.2) is 21.9 Å². The first kappa shape index (κ1) is 15.4. The largest absolute Gasteiger partial charge is 0.308 e. The highest BCUT2D eigenvalue weighted by molar-refractivity contribution is 9.10. The Bertz CT molecular complexity index is 638. The number of carbonyl (C=O) groups excluding carboxylic acids is 2. The van der Waals surface area contributed by atoms with Gasteiger partial charge in [0.2, 0.25) is 5.91 Å². The molecule has 0 spiro atoms. The number of carbonyl (C=O) groups is 2. The molecule has 5 nitrogen and oxygen atoms in total. The summed E-state index contributed by atoms with van der Waals surface area (Å²) in [5.74, 6) is 0.384. The Labute approximate surface area is 131 Å². The minimum absolute atomic E-state index is 0.0557. The van der Waals surface area contributed by atoms with E-state index < -0.39 is 0 Å². The summed E-state index contributed by atoms with van der Waals surface area (Å²) in [7, 11) is 0. The molecule has 1 heterocycles. The average molecular weight is 350 g/mol. The summed E-state index contributed by atoms with van der Waals surface area (Å²) in [5, 5.41) is 9.45. The number of amides is 1. The van der Waals surface area contributed by atoms with Crippen LogP contribution in [0.1, 0.15) is 35.3 Å². The number of hydrogen-bond acceptors (Lipinski definition) is 3. The van der Waals surface area contributed by atoms with Gasteiger partial charge in [-0.1, -0.05) is 30.3 Å². The molecule has 1 amide bonds. The van der Waals surface area contributed by atoms with Gasteiger partial charge in [0.05, 0.1) is 4.47 Å². The topological polar surface area (TPSA) is 74.8 Å². The quantitative estimate of drug-likeness (QED) is 0.784. The lowest BCUT2D eigenvalue weighted by Crippen LogP contribution is -2.12. The van der Waals surface area contributed by atoms with Crippen LogP contribution in [0.3, 0.4) is 0 Å². The molecule has 0 atom stereocenters. The third-order valence-corrected chi connectivity index (χ3v) is 4.00. The van der Waals surface area contributed by atoms with Crippen molar-refractivity contribution in [3.63, 3.8) is 0 Å². The van der Waals surface area contributed by atoms with Crippen LogP contribution >= 0.6 is 15.9 Å². The number of aromatic nitrogens is 2. The molecule has 0 unspecified atom stereocenters. The number of nitrogens with one attached hydrogen (secondary N) is 2. The highest BCUT2D eigenvalue weighted by atomic mass is 79.9. The monoisotopic (exact) mass is 349 g/mol. The molecule has 0 saturated heterocycles. The number of aromatic amines is 1. The molecule has 6 heteroatoms. The summed E-state index contributed by atoms with van der Waals surface area (Å²) in [6.45, 7) is 1.85. The molecule has 0 aliphatic rings. The summed E-state index contributed by atoms with van der Waals surface area (Å²) in [4.78, 5) is 23.7. The Morgan fingerprint density at radius 1 is 1.24 bits per heavy atom. The Morgan fingerprint density at radius 3 is 2.57 bits per heavy atom. The van der Waals surface area contributed by atoms with Gasteiger partial charge in [-0.15, -0.1) is 0 Å². The average Bonchev–Trinajstić information content (AvgIpc) is 2.80. The maximum absolute atomic E-state index is 11.9. The van der Waals surface area contributed by atoms with Crippen molar-refractivity contribution >= 4 is 33.4 Å². The maximum atomic E-state index is 11.9. The van der Waals surface area contributed by atoms with Crippen LogP contribution in [0.2, 0.25) is 0 Å². The standard InChI is InChI=1S/C15H16BrN3O2/c1-10-14(16)15(19-18-10)17-13(21)9-5-8-12(20)11-6-3-2-4-7-11/h2-4,6-7H,5,8-9H2,1H3,(H2,17,18,19,21). The van der Waals surface area contributed by atoms with E-state index in [2.05, 4.69) is 31.4 Å². The second-order valence-corrected chi connectivity index (χ2v) is 5.50. The maximum Gasteiger partial charge on any atom is 0.225 e. The van der Waals surface area contributed by atoms with Crippen molar-refractivity contribution in [3.05, 3.63) is 46.1 Å². The fraction of sp³-hybridized carbons (Fsp3) is 0.267. The lowest BCUT2D eigenvalue weighted by molar-refractivity contribution is -0.116. The van der Waals surface area contributed by atoms with Crippen LogP contribution in [0.25, 0.3) is 0 Å². The number of ketones is 1. The van der Waals surface area contributed by atoms with Gasteiger partial charge in [0.1, 0.15) is 0 Å². The van der Waals surface area contributed by atoms with Crippen molar-refractivity contribution in [3.8, 4) is 0 Å². The highest BCUT2D eigenvalue weighted by Crippen LogP contribution is 2.22. The van der Waals surface area contributed by atoms with Gasteiger partial charge >= 0.3 is 0 Å². The van der Waals surface area contributed by atoms with E-state index in [0.29, 0.717) is 24.2 Å². The molecule has 1 aromatic carbocycles. The van der Waals surface area contributed by atoms with Crippen LogP contribution in [0.15, 0.2) is 34.8 Å². The normalized spacial score (nSPS) is 10.4. The molecule has 110 valence electrons. The predicted molar refractivity (Wildman–Crippen MR) is 84.3 cm³/mol. The van der Waals surface area contributed by atoms with Crippen LogP contribution in [0.5, 0.6) is 0 Å². The summed E-state index contributed by atoms with van der Waals surface area (Å²) < 4.78 is 0.746. The molecule has 0 fully saturated rings. The van der Waals surface area contributed by atoms with Crippen molar-refractivity contribution in [1.82, 2.24) is 10.2 Å². The molecule has 2 rings (SSSR count). The molecule has 0 saturated carbocycles. The van der Waals surface area contributed by atoms with Crippen molar-refractivity contribution in [1.29, 1.82) is 0 Å². The van der Waals surface area contributed by atoms with Crippen molar-refractivity contribution in [2.24, 2.45) is 0 Å². The van der Waals surface area contributed by atoms with Crippen LogP contribution in [-0.2, 0) is 4.79 Å². The molecule has 21 heavy (non-hydrogen) atoms. The van der Waals surface area contributed by atoms with Crippen molar-refractivity contribution in [2.75, 3.05) is 5.32 Å². The van der Waals surface area contributed by atoms with Gasteiger partial charge < -0.3 is 5.32 Å². The molecule has 2 aromatic rings. The number of nitrogens with zero attached hydrogens (tertiary/aromatic N) is 1. The minimum atomic E-state index is -0.150. The first-order valence-electron chi connectivity index (χ1n) is 6.66. The van der Waals surface area contributed by atoms with E-state index in [1.165, 1.54) is 0 Å². The van der Waals surface area contributed by atoms with Crippen LogP contribution in [0.4, 0.5) is 5.82 Å². The molecule has 2 N–H and O–H groups in total. The Kier molecular flexibility index (Phi) is 5.27. The first-order valence-corrected chi connectivity index (χ1v) is 7.46. The number of H-pyrrole nitrogens is 1. The van der Waals surface area contributed by atoms with Gasteiger partial charge in [0.15, 0.2) is 11.6 Å². The van der Waals surface area contributed by atoms with Gasteiger partial charge in [-0.25, -0.2) is 0 Å². The second kappa shape index (κ2) is 7.17. The van der Waals surface area contributed by atoms with E-state index in [9.17, 15) is 9.59 Å². The Balaban J connectivity index is 1.77. The Hall–Kier alpha value is -1.95. The van der Waals surface area contributed by atoms with E-state index >= 15 is 0 Å². The molecule has 0 aliphatic heterocycles. The Morgan fingerprint density at radius 2 is 1.95 bits per heavy atom. The summed E-state index contributed by atoms with van der Waals surface area (Å²) in [5.41, 5.74) is 1.54. The zero-order valence-electron chi connectivity index (χ0n) is 11.6. The van der Waals surface area contributed by atoms with E-state index in [4.69, 9.17) is 0 Å². The molecule has 0 radical (unpaired) electrons. The van der Waals surface area contributed by atoms with Crippen LogP contribution < -0.4 is 5.32 Å². The first-order chi connectivity index (χ1) is 10.1. The van der Waals surface area contributed by atoms with E-state index in [1.54, 1.807) is 12.1 Å². The summed E-state index contributed by atoms with van der Waals surface area (Å²) >= 11 is 3.34. The number of halogens is 1. The third kappa shape index (κ3) is 4.26. The second-order valence-electron chi connectivity index (χ2n) is 4.70.